The van der Waals surface area contributed by atoms with Crippen LogP contribution in [-0.2, 0) is 9.84 Å². The van der Waals surface area contributed by atoms with E-state index in [0.717, 1.165) is 6.26 Å². The highest BCUT2D eigenvalue weighted by Crippen LogP contribution is 2.28. The first kappa shape index (κ1) is 22.5. The smallest absolute Gasteiger partial charge is 0.337 e. The molecule has 0 aliphatic carbocycles. The van der Waals surface area contributed by atoms with Crippen molar-refractivity contribution in [3.05, 3.63) is 41.7 Å². The van der Waals surface area contributed by atoms with Gasteiger partial charge in [0.15, 0.2) is 9.84 Å². The van der Waals surface area contributed by atoms with Gasteiger partial charge in [0.1, 0.15) is 5.69 Å². The third-order valence-electron chi connectivity index (χ3n) is 5.30. The molecule has 3 rings (SSSR count). The number of aromatic carboxylic acids is 1. The summed E-state index contributed by atoms with van der Waals surface area (Å²) >= 11 is 0. The first-order valence-electron chi connectivity index (χ1n) is 9.71. The van der Waals surface area contributed by atoms with Gasteiger partial charge in [-0.3, -0.25) is 4.79 Å². The van der Waals surface area contributed by atoms with E-state index in [9.17, 15) is 23.1 Å². The summed E-state index contributed by atoms with van der Waals surface area (Å²) in [5.41, 5.74) is 5.86. The molecule has 0 spiro atoms. The molecule has 0 bridgehead atoms. The number of benzene rings is 1. The van der Waals surface area contributed by atoms with Gasteiger partial charge in [0.2, 0.25) is 5.95 Å². The van der Waals surface area contributed by atoms with Gasteiger partial charge in [0, 0.05) is 37.8 Å². The molecule has 3 N–H and O–H groups in total. The maximum absolute atomic E-state index is 12.1. The number of primary amides is 1. The zero-order chi connectivity index (χ0) is 22.9. The Morgan fingerprint density at radius 1 is 1.23 bits per heavy atom. The van der Waals surface area contributed by atoms with E-state index in [-0.39, 0.29) is 28.1 Å². The van der Waals surface area contributed by atoms with Crippen molar-refractivity contribution in [1.82, 2.24) is 9.97 Å². The summed E-state index contributed by atoms with van der Waals surface area (Å²) in [5.74, 6) is -1.32. The van der Waals surface area contributed by atoms with Crippen LogP contribution in [0.25, 0.3) is 0 Å². The molecule has 1 aliphatic heterocycles. The molecule has 1 fully saturated rings. The standard InChI is InChI=1S/C20H25N5O5S/c1-12(2)16-11-24(8-9-25(16)20-22-7-6-15(23-20)18(21)26)13-4-5-14(19(27)28)17(10-13)31(3,29)30/h4-7,10,12,16H,8-9,11H2,1-3H3,(H2,21,26)(H,27,28)/t16-/m0/s1. The largest absolute Gasteiger partial charge is 0.478 e. The lowest BCUT2D eigenvalue weighted by molar-refractivity contribution is 0.0692. The Hall–Kier alpha value is -3.21. The summed E-state index contributed by atoms with van der Waals surface area (Å²) in [6, 6.07) is 5.79. The second-order valence-corrected chi connectivity index (χ2v) is 9.80. The van der Waals surface area contributed by atoms with Crippen LogP contribution in [0.2, 0.25) is 0 Å². The molecule has 2 aromatic rings. The first-order chi connectivity index (χ1) is 14.5. The molecule has 1 aliphatic rings. The number of carbonyl (C=O) groups excluding carboxylic acids is 1. The van der Waals surface area contributed by atoms with Gasteiger partial charge in [0.25, 0.3) is 5.91 Å². The van der Waals surface area contributed by atoms with E-state index in [1.165, 1.54) is 24.4 Å². The normalized spacial score (nSPS) is 17.1. The van der Waals surface area contributed by atoms with Crippen molar-refractivity contribution in [2.75, 3.05) is 35.7 Å². The number of carboxylic acids is 1. The maximum atomic E-state index is 12.1. The fourth-order valence-electron chi connectivity index (χ4n) is 3.68. The van der Waals surface area contributed by atoms with Crippen LogP contribution < -0.4 is 15.5 Å². The predicted molar refractivity (Wildman–Crippen MR) is 115 cm³/mol. The molecule has 1 saturated heterocycles. The number of piperazine rings is 1. The van der Waals surface area contributed by atoms with E-state index < -0.39 is 21.7 Å². The number of hydrogen-bond donors (Lipinski definition) is 2. The summed E-state index contributed by atoms with van der Waals surface area (Å²) < 4.78 is 24.3. The predicted octanol–water partition coefficient (Wildman–Crippen LogP) is 1.03. The number of rotatable bonds is 6. The number of sulfone groups is 1. The summed E-state index contributed by atoms with van der Waals surface area (Å²) in [6.07, 6.45) is 2.49. The fraction of sp³-hybridized carbons (Fsp3) is 0.400. The molecule has 166 valence electrons. The molecule has 0 radical (unpaired) electrons. The lowest BCUT2D eigenvalue weighted by atomic mass is 9.99. The average Bonchev–Trinajstić information content (AvgIpc) is 2.72. The van der Waals surface area contributed by atoms with Gasteiger partial charge in [-0.15, -0.1) is 0 Å². The number of carbonyl (C=O) groups is 2. The Morgan fingerprint density at radius 3 is 2.52 bits per heavy atom. The second-order valence-electron chi connectivity index (χ2n) is 7.81. The number of aromatic nitrogens is 2. The lowest BCUT2D eigenvalue weighted by Crippen LogP contribution is -2.56. The van der Waals surface area contributed by atoms with Crippen LogP contribution >= 0.6 is 0 Å². The highest BCUT2D eigenvalue weighted by Gasteiger charge is 2.32. The Balaban J connectivity index is 1.93. The summed E-state index contributed by atoms with van der Waals surface area (Å²) in [6.45, 7) is 5.70. The summed E-state index contributed by atoms with van der Waals surface area (Å²) in [4.78, 5) is 35.3. The van der Waals surface area contributed by atoms with Gasteiger partial charge in [-0.1, -0.05) is 13.8 Å². The lowest BCUT2D eigenvalue weighted by Gasteiger charge is -2.44. The number of nitrogens with zero attached hydrogens (tertiary/aromatic N) is 4. The van der Waals surface area contributed by atoms with Gasteiger partial charge in [-0.05, 0) is 30.2 Å². The Kier molecular flexibility index (Phi) is 6.16. The molecule has 1 aromatic heterocycles. The monoisotopic (exact) mass is 447 g/mol. The van der Waals surface area contributed by atoms with Crippen molar-refractivity contribution in [3.63, 3.8) is 0 Å². The molecule has 2 heterocycles. The van der Waals surface area contributed by atoms with Gasteiger partial charge >= 0.3 is 5.97 Å². The van der Waals surface area contributed by atoms with Gasteiger partial charge in [0.05, 0.1) is 16.5 Å². The maximum Gasteiger partial charge on any atom is 0.337 e. The van der Waals surface area contributed by atoms with E-state index in [0.29, 0.717) is 31.3 Å². The summed E-state index contributed by atoms with van der Waals surface area (Å²) in [7, 11) is -3.72. The molecule has 1 atom stereocenters. The molecular weight excluding hydrogens is 422 g/mol. The number of nitrogens with two attached hydrogens (primary N) is 1. The van der Waals surface area contributed by atoms with E-state index in [1.54, 1.807) is 6.07 Å². The summed E-state index contributed by atoms with van der Waals surface area (Å²) in [5, 5.41) is 9.34. The molecule has 11 heteroatoms. The van der Waals surface area contributed by atoms with Crippen LogP contribution in [-0.4, -0.2) is 67.3 Å². The number of hydrogen-bond acceptors (Lipinski definition) is 8. The highest BCUT2D eigenvalue weighted by atomic mass is 32.2. The third kappa shape index (κ3) is 4.76. The van der Waals surface area contributed by atoms with Crippen molar-refractivity contribution < 1.29 is 23.1 Å². The molecular formula is C20H25N5O5S. The van der Waals surface area contributed by atoms with Gasteiger partial charge in [-0.25, -0.2) is 23.2 Å². The van der Waals surface area contributed by atoms with Crippen LogP contribution in [0.1, 0.15) is 34.7 Å². The molecule has 31 heavy (non-hydrogen) atoms. The van der Waals surface area contributed by atoms with Crippen molar-refractivity contribution in [3.8, 4) is 0 Å². The van der Waals surface area contributed by atoms with Crippen LogP contribution in [0.3, 0.4) is 0 Å². The fourth-order valence-corrected chi connectivity index (χ4v) is 4.57. The number of anilines is 2. The van der Waals surface area contributed by atoms with Gasteiger partial charge in [-0.2, -0.15) is 0 Å². The number of amides is 1. The quantitative estimate of drug-likeness (QED) is 0.662. The van der Waals surface area contributed by atoms with Crippen LogP contribution in [0.15, 0.2) is 35.4 Å². The van der Waals surface area contributed by atoms with E-state index in [1.807, 2.05) is 9.80 Å². The van der Waals surface area contributed by atoms with E-state index in [4.69, 9.17) is 5.73 Å². The minimum atomic E-state index is -3.72. The Labute approximate surface area is 180 Å². The molecule has 10 nitrogen and oxygen atoms in total. The van der Waals surface area contributed by atoms with Gasteiger partial charge < -0.3 is 20.6 Å². The second kappa shape index (κ2) is 8.50. The Morgan fingerprint density at radius 2 is 1.94 bits per heavy atom. The van der Waals surface area contributed by atoms with Crippen LogP contribution in [0.5, 0.6) is 0 Å². The average molecular weight is 448 g/mol. The van der Waals surface area contributed by atoms with Crippen molar-refractivity contribution in [1.29, 1.82) is 0 Å². The SMILES string of the molecule is CC(C)[C@@H]1CN(c2ccc(C(=O)O)c(S(C)(=O)=O)c2)CCN1c1nccc(C(N)=O)n1. The molecule has 0 saturated carbocycles. The van der Waals surface area contributed by atoms with Crippen LogP contribution in [0, 0.1) is 5.92 Å². The van der Waals surface area contributed by atoms with Crippen LogP contribution in [0.4, 0.5) is 11.6 Å². The van der Waals surface area contributed by atoms with E-state index >= 15 is 0 Å². The molecule has 1 amide bonds. The highest BCUT2D eigenvalue weighted by molar-refractivity contribution is 7.90. The number of carboxylic acid groups (broad SMARTS) is 1. The Bertz CT molecular complexity index is 1120. The molecule has 0 unspecified atom stereocenters. The minimum absolute atomic E-state index is 0.0299. The van der Waals surface area contributed by atoms with E-state index in [2.05, 4.69) is 23.8 Å². The zero-order valence-corrected chi connectivity index (χ0v) is 18.3. The topological polar surface area (TPSA) is 147 Å². The first-order valence-corrected chi connectivity index (χ1v) is 11.6. The molecule has 1 aromatic carbocycles. The van der Waals surface area contributed by atoms with Crippen molar-refractivity contribution >= 4 is 33.3 Å². The van der Waals surface area contributed by atoms with Crippen molar-refractivity contribution in [2.45, 2.75) is 24.8 Å². The van der Waals surface area contributed by atoms with Crippen molar-refractivity contribution in [2.24, 2.45) is 11.7 Å². The third-order valence-corrected chi connectivity index (χ3v) is 6.44. The minimum Gasteiger partial charge on any atom is -0.478 e. The zero-order valence-electron chi connectivity index (χ0n) is 17.5.